The van der Waals surface area contributed by atoms with Crippen molar-refractivity contribution in [1.82, 2.24) is 24.6 Å². The molecule has 0 spiro atoms. The first-order valence-electron chi connectivity index (χ1n) is 13.0. The van der Waals surface area contributed by atoms with Crippen molar-refractivity contribution in [2.45, 2.75) is 47.2 Å². The largest absolute Gasteiger partial charge is 0.548 e. The van der Waals surface area contributed by atoms with E-state index in [4.69, 9.17) is 11.6 Å². The molecule has 11 heteroatoms. The number of halogens is 1. The Morgan fingerprint density at radius 3 is 2.44 bits per heavy atom. The Labute approximate surface area is 245 Å². The molecule has 1 N–H and O–H groups in total. The smallest absolute Gasteiger partial charge is 0.268 e. The molecule has 0 aliphatic rings. The Hall–Kier alpha value is -4.28. The summed E-state index contributed by atoms with van der Waals surface area (Å²) in [5.74, 6) is -0.987. The molecule has 0 bridgehead atoms. The van der Waals surface area contributed by atoms with Crippen LogP contribution in [-0.4, -0.2) is 37.0 Å². The number of rotatable bonds is 9. The van der Waals surface area contributed by atoms with E-state index in [0.717, 1.165) is 21.4 Å². The minimum atomic E-state index is -1.29. The molecule has 41 heavy (non-hydrogen) atoms. The number of carbonyl (C=O) groups excluding carboxylic acids is 3. The van der Waals surface area contributed by atoms with Crippen molar-refractivity contribution in [3.8, 4) is 5.00 Å². The Balaban J connectivity index is 1.53. The van der Waals surface area contributed by atoms with Crippen LogP contribution in [0.3, 0.4) is 0 Å². The van der Waals surface area contributed by atoms with E-state index in [1.165, 1.54) is 15.9 Å². The van der Waals surface area contributed by atoms with Gasteiger partial charge in [-0.3, -0.25) is 14.2 Å². The number of hydrogen-bond acceptors (Lipinski definition) is 7. The second-order valence-corrected chi connectivity index (χ2v) is 11.2. The molecule has 0 aliphatic carbocycles. The number of nitrogens with one attached hydrogen (secondary N) is 1. The average molecular weight is 589 g/mol. The summed E-state index contributed by atoms with van der Waals surface area (Å²) >= 11 is 7.80. The maximum Gasteiger partial charge on any atom is 0.268 e. The van der Waals surface area contributed by atoms with Crippen molar-refractivity contribution in [2.75, 3.05) is 0 Å². The molecular formula is C30H27ClN5O4S-. The van der Waals surface area contributed by atoms with Gasteiger partial charge in [0.05, 0.1) is 29.6 Å². The molecule has 0 atom stereocenters. The molecule has 3 aromatic heterocycles. The van der Waals surface area contributed by atoms with E-state index in [1.54, 1.807) is 47.9 Å². The first kappa shape index (κ1) is 28.3. The standard InChI is InChI=1S/C30H28ClN5O4S/c1-5-19-20-10-7-9-13-23(20)35(15-25(37)38)27(19)29(40)32-14-24-34-33-18(4)36(24)30-26(16(2)17(3)41-30)28(39)21-11-6-8-12-22(21)31/h6-13H,5,14-15H2,1-4H3,(H,32,40)(H,37,38)/p-1. The molecule has 210 valence electrons. The number of aromatic nitrogens is 4. The van der Waals surface area contributed by atoms with Crippen LogP contribution in [0.25, 0.3) is 15.9 Å². The number of carboxylic acid groups (broad SMARTS) is 1. The molecule has 0 radical (unpaired) electrons. The van der Waals surface area contributed by atoms with Gasteiger partial charge in [-0.05, 0) is 56.5 Å². The number of aliphatic carboxylic acids is 1. The van der Waals surface area contributed by atoms with Crippen LogP contribution < -0.4 is 10.4 Å². The number of carboxylic acids is 1. The molecule has 0 aliphatic heterocycles. The fourth-order valence-electron chi connectivity index (χ4n) is 5.13. The van der Waals surface area contributed by atoms with Gasteiger partial charge in [-0.25, -0.2) is 0 Å². The highest BCUT2D eigenvalue weighted by molar-refractivity contribution is 7.15. The summed E-state index contributed by atoms with van der Waals surface area (Å²) in [4.78, 5) is 39.9. The first-order chi connectivity index (χ1) is 19.6. The van der Waals surface area contributed by atoms with Crippen LogP contribution in [0.4, 0.5) is 0 Å². The SMILES string of the molecule is CCc1c(C(=O)NCc2nnc(C)n2-c2sc(C)c(C)c2C(=O)c2ccccc2Cl)n(CC(=O)[O-])c2ccccc12. The van der Waals surface area contributed by atoms with Crippen LogP contribution in [0.1, 0.15) is 61.0 Å². The van der Waals surface area contributed by atoms with Crippen LogP contribution in [-0.2, 0) is 24.3 Å². The number of ketones is 1. The van der Waals surface area contributed by atoms with Crippen LogP contribution in [0.2, 0.25) is 5.02 Å². The third kappa shape index (κ3) is 5.05. The second kappa shape index (κ2) is 11.3. The average Bonchev–Trinajstić information content (AvgIpc) is 3.57. The third-order valence-electron chi connectivity index (χ3n) is 7.15. The summed E-state index contributed by atoms with van der Waals surface area (Å²) in [6.45, 7) is 7.06. The predicted octanol–water partition coefficient (Wildman–Crippen LogP) is 4.34. The Kier molecular flexibility index (Phi) is 7.79. The lowest BCUT2D eigenvalue weighted by atomic mass is 10.0. The monoisotopic (exact) mass is 588 g/mol. The number of thiophene rings is 1. The summed E-state index contributed by atoms with van der Waals surface area (Å²) in [6, 6.07) is 14.2. The number of fused-ring (bicyclic) bond motifs is 1. The fourth-order valence-corrected chi connectivity index (χ4v) is 6.57. The lowest BCUT2D eigenvalue weighted by Gasteiger charge is -2.14. The first-order valence-corrected chi connectivity index (χ1v) is 14.2. The summed E-state index contributed by atoms with van der Waals surface area (Å²) in [5.41, 5.74) is 3.37. The van der Waals surface area contributed by atoms with Crippen LogP contribution in [0, 0.1) is 20.8 Å². The van der Waals surface area contributed by atoms with Gasteiger partial charge in [0.15, 0.2) is 11.6 Å². The molecule has 5 rings (SSSR count). The highest BCUT2D eigenvalue weighted by Crippen LogP contribution is 2.35. The van der Waals surface area contributed by atoms with Crippen LogP contribution >= 0.6 is 22.9 Å². The predicted molar refractivity (Wildman–Crippen MR) is 156 cm³/mol. The summed E-state index contributed by atoms with van der Waals surface area (Å²) in [6.07, 6.45) is 0.528. The van der Waals surface area contributed by atoms with Crippen molar-refractivity contribution in [3.05, 3.63) is 98.0 Å². The molecule has 1 amide bonds. The Morgan fingerprint density at radius 1 is 1.02 bits per heavy atom. The van der Waals surface area contributed by atoms with E-state index < -0.39 is 18.4 Å². The lowest BCUT2D eigenvalue weighted by molar-refractivity contribution is -0.306. The van der Waals surface area contributed by atoms with Crippen molar-refractivity contribution in [3.63, 3.8) is 0 Å². The van der Waals surface area contributed by atoms with Gasteiger partial charge < -0.3 is 19.8 Å². The molecule has 2 aromatic carbocycles. The molecule has 0 saturated carbocycles. The maximum absolute atomic E-state index is 13.7. The minimum absolute atomic E-state index is 0.00854. The van der Waals surface area contributed by atoms with Crippen molar-refractivity contribution >= 4 is 51.5 Å². The van der Waals surface area contributed by atoms with Crippen LogP contribution in [0.5, 0.6) is 0 Å². The highest BCUT2D eigenvalue weighted by atomic mass is 35.5. The molecule has 9 nitrogen and oxygen atoms in total. The van der Waals surface area contributed by atoms with Gasteiger partial charge in [-0.1, -0.05) is 48.9 Å². The van der Waals surface area contributed by atoms with Crippen molar-refractivity contribution in [2.24, 2.45) is 0 Å². The third-order valence-corrected chi connectivity index (χ3v) is 8.67. The molecule has 0 unspecified atom stereocenters. The van der Waals surface area contributed by atoms with E-state index in [-0.39, 0.29) is 18.0 Å². The lowest BCUT2D eigenvalue weighted by Crippen LogP contribution is -2.32. The molecule has 3 heterocycles. The Bertz CT molecular complexity index is 1830. The number of para-hydroxylation sites is 1. The zero-order chi connectivity index (χ0) is 29.4. The zero-order valence-electron chi connectivity index (χ0n) is 22.9. The molecule has 0 fully saturated rings. The van der Waals surface area contributed by atoms with Gasteiger partial charge in [0, 0.05) is 21.3 Å². The Morgan fingerprint density at radius 2 is 1.73 bits per heavy atom. The molecular weight excluding hydrogens is 562 g/mol. The summed E-state index contributed by atoms with van der Waals surface area (Å²) in [7, 11) is 0. The number of hydrogen-bond donors (Lipinski definition) is 1. The van der Waals surface area contributed by atoms with Gasteiger partial charge in [0.2, 0.25) is 0 Å². The van der Waals surface area contributed by atoms with Crippen molar-refractivity contribution < 1.29 is 19.5 Å². The number of aryl methyl sites for hydroxylation is 3. The molecule has 5 aromatic rings. The number of carbonyl (C=O) groups is 3. The van der Waals surface area contributed by atoms with Gasteiger partial charge in [0.1, 0.15) is 16.5 Å². The number of benzene rings is 2. The zero-order valence-corrected chi connectivity index (χ0v) is 24.5. The maximum atomic E-state index is 13.7. The van der Waals surface area contributed by atoms with Gasteiger partial charge >= 0.3 is 0 Å². The van der Waals surface area contributed by atoms with Gasteiger partial charge in [-0.15, -0.1) is 21.5 Å². The van der Waals surface area contributed by atoms with E-state index >= 15 is 0 Å². The summed E-state index contributed by atoms with van der Waals surface area (Å²) < 4.78 is 3.24. The molecule has 0 saturated heterocycles. The van der Waals surface area contributed by atoms with E-state index in [0.29, 0.717) is 44.7 Å². The van der Waals surface area contributed by atoms with Crippen LogP contribution in [0.15, 0.2) is 48.5 Å². The van der Waals surface area contributed by atoms with Gasteiger partial charge in [0.25, 0.3) is 5.91 Å². The minimum Gasteiger partial charge on any atom is -0.548 e. The van der Waals surface area contributed by atoms with Gasteiger partial charge in [-0.2, -0.15) is 0 Å². The van der Waals surface area contributed by atoms with E-state index in [1.807, 2.05) is 32.9 Å². The van der Waals surface area contributed by atoms with E-state index in [2.05, 4.69) is 15.5 Å². The van der Waals surface area contributed by atoms with E-state index in [9.17, 15) is 19.5 Å². The highest BCUT2D eigenvalue weighted by Gasteiger charge is 2.27. The number of nitrogens with zero attached hydrogens (tertiary/aromatic N) is 4. The fraction of sp³-hybridized carbons (Fsp3) is 0.233. The topological polar surface area (TPSA) is 122 Å². The summed E-state index contributed by atoms with van der Waals surface area (Å²) in [5, 5.41) is 24.8. The normalized spacial score (nSPS) is 11.2. The quantitative estimate of drug-likeness (QED) is 0.256. The number of amides is 1. The second-order valence-electron chi connectivity index (χ2n) is 9.61. The van der Waals surface area contributed by atoms with Crippen molar-refractivity contribution in [1.29, 1.82) is 0 Å².